The van der Waals surface area contributed by atoms with E-state index in [-0.39, 0.29) is 23.8 Å². The van der Waals surface area contributed by atoms with Gasteiger partial charge in [-0.25, -0.2) is 0 Å². The number of aromatic nitrogens is 2. The van der Waals surface area contributed by atoms with E-state index in [1.807, 2.05) is 19.4 Å². The van der Waals surface area contributed by atoms with Crippen LogP contribution in [0.25, 0.3) is 0 Å². The topological polar surface area (TPSA) is 59.0 Å². The van der Waals surface area contributed by atoms with Crippen molar-refractivity contribution in [2.75, 3.05) is 13.1 Å². The van der Waals surface area contributed by atoms with Crippen molar-refractivity contribution in [2.24, 2.45) is 13.0 Å². The van der Waals surface area contributed by atoms with Gasteiger partial charge in [0, 0.05) is 32.3 Å². The maximum atomic E-state index is 13.4. The number of carbonyl (C=O) groups is 1. The van der Waals surface area contributed by atoms with Gasteiger partial charge in [0.25, 0.3) is 0 Å². The Bertz CT molecular complexity index is 964. The first-order valence-corrected chi connectivity index (χ1v) is 10.1. The number of hydrogen-bond donors (Lipinski definition) is 2. The summed E-state index contributed by atoms with van der Waals surface area (Å²) in [5.41, 5.74) is 5.69. The van der Waals surface area contributed by atoms with Crippen molar-refractivity contribution < 1.29 is 4.79 Å². The number of aryl methyl sites for hydroxylation is 3. The second kappa shape index (κ2) is 8.21. The van der Waals surface area contributed by atoms with Gasteiger partial charge in [-0.15, -0.1) is 0 Å². The van der Waals surface area contributed by atoms with Crippen molar-refractivity contribution in [3.05, 3.63) is 88.7 Å². The summed E-state index contributed by atoms with van der Waals surface area (Å²) in [4.78, 5) is 13.4. The SMILES string of the molecule is Cc1cccc(C(NC(=O)[C@H]2CNC[C@@H]2c2cnn(C)c2)c2cccc(C)c2)c1. The Balaban J connectivity index is 1.62. The summed E-state index contributed by atoms with van der Waals surface area (Å²) in [7, 11) is 1.91. The number of hydrogen-bond acceptors (Lipinski definition) is 3. The predicted octanol–water partition coefficient (Wildman–Crippen LogP) is 3.25. The lowest BCUT2D eigenvalue weighted by atomic mass is 9.89. The van der Waals surface area contributed by atoms with E-state index in [9.17, 15) is 4.79 Å². The summed E-state index contributed by atoms with van der Waals surface area (Å²) in [6, 6.07) is 16.6. The minimum Gasteiger partial charge on any atom is -0.345 e. The first-order valence-electron chi connectivity index (χ1n) is 10.1. The Morgan fingerprint density at radius 1 is 1.10 bits per heavy atom. The third-order valence-corrected chi connectivity index (χ3v) is 5.74. The van der Waals surface area contributed by atoms with Crippen LogP contribution in [0.5, 0.6) is 0 Å². The molecule has 4 rings (SSSR count). The van der Waals surface area contributed by atoms with Crippen molar-refractivity contribution >= 4 is 5.91 Å². The van der Waals surface area contributed by atoms with Crippen molar-refractivity contribution in [3.63, 3.8) is 0 Å². The van der Waals surface area contributed by atoms with Gasteiger partial charge in [-0.1, -0.05) is 59.7 Å². The van der Waals surface area contributed by atoms with Crippen LogP contribution in [-0.2, 0) is 11.8 Å². The van der Waals surface area contributed by atoms with E-state index in [1.54, 1.807) is 4.68 Å². The Morgan fingerprint density at radius 2 is 1.76 bits per heavy atom. The second-order valence-corrected chi connectivity index (χ2v) is 8.09. The van der Waals surface area contributed by atoms with Crippen LogP contribution in [0.3, 0.4) is 0 Å². The molecule has 1 aliphatic rings. The molecule has 2 heterocycles. The molecular formula is C24H28N4O. The Hall–Kier alpha value is -2.92. The van der Waals surface area contributed by atoms with Gasteiger partial charge < -0.3 is 10.6 Å². The molecule has 1 fully saturated rings. The number of nitrogens with one attached hydrogen (secondary N) is 2. The highest BCUT2D eigenvalue weighted by Gasteiger charge is 2.35. The molecule has 2 atom stereocenters. The molecule has 2 N–H and O–H groups in total. The highest BCUT2D eigenvalue weighted by molar-refractivity contribution is 5.81. The predicted molar refractivity (Wildman–Crippen MR) is 115 cm³/mol. The van der Waals surface area contributed by atoms with Crippen LogP contribution in [0.1, 0.15) is 39.8 Å². The fourth-order valence-corrected chi connectivity index (χ4v) is 4.24. The van der Waals surface area contributed by atoms with Gasteiger partial charge in [0.15, 0.2) is 0 Å². The van der Waals surface area contributed by atoms with Crippen molar-refractivity contribution in [1.82, 2.24) is 20.4 Å². The highest BCUT2D eigenvalue weighted by atomic mass is 16.2. The Labute approximate surface area is 172 Å². The molecule has 1 aliphatic heterocycles. The lowest BCUT2D eigenvalue weighted by Gasteiger charge is -2.24. The van der Waals surface area contributed by atoms with Crippen LogP contribution in [0.15, 0.2) is 60.9 Å². The molecule has 150 valence electrons. The summed E-state index contributed by atoms with van der Waals surface area (Å²) in [6.07, 6.45) is 3.88. The quantitative estimate of drug-likeness (QED) is 0.705. The number of rotatable bonds is 5. The molecule has 0 aliphatic carbocycles. The molecule has 1 aromatic heterocycles. The normalized spacial score (nSPS) is 18.9. The molecule has 2 aromatic carbocycles. The first-order chi connectivity index (χ1) is 14.0. The van der Waals surface area contributed by atoms with Crippen LogP contribution >= 0.6 is 0 Å². The van der Waals surface area contributed by atoms with E-state index < -0.39 is 0 Å². The standard InChI is InChI=1S/C24H28N4O/c1-16-6-4-8-18(10-16)23(19-9-5-7-17(2)11-19)27-24(29)22-14-25-13-21(22)20-12-26-28(3)15-20/h4-12,15,21-23,25H,13-14H2,1-3H3,(H,27,29)/t21-,22+/m1/s1. The zero-order chi connectivity index (χ0) is 20.4. The van der Waals surface area contributed by atoms with E-state index in [0.717, 1.165) is 23.2 Å². The lowest BCUT2D eigenvalue weighted by Crippen LogP contribution is -2.37. The summed E-state index contributed by atoms with van der Waals surface area (Å²) in [5.74, 6) is 0.104. The Kier molecular flexibility index (Phi) is 5.49. The molecule has 0 radical (unpaired) electrons. The molecule has 0 spiro atoms. The maximum Gasteiger partial charge on any atom is 0.225 e. The van der Waals surface area contributed by atoms with E-state index in [2.05, 4.69) is 78.1 Å². The molecule has 0 unspecified atom stereocenters. The van der Waals surface area contributed by atoms with Gasteiger partial charge in [0.2, 0.25) is 5.91 Å². The van der Waals surface area contributed by atoms with Gasteiger partial charge in [-0.3, -0.25) is 9.48 Å². The first kappa shape index (κ1) is 19.4. The lowest BCUT2D eigenvalue weighted by molar-refractivity contribution is -0.125. The zero-order valence-corrected chi connectivity index (χ0v) is 17.2. The minimum atomic E-state index is -0.169. The summed E-state index contributed by atoms with van der Waals surface area (Å²) >= 11 is 0. The van der Waals surface area contributed by atoms with Crippen molar-refractivity contribution in [1.29, 1.82) is 0 Å². The van der Waals surface area contributed by atoms with E-state index in [1.165, 1.54) is 11.1 Å². The maximum absolute atomic E-state index is 13.4. The van der Waals surface area contributed by atoms with Crippen LogP contribution in [0.2, 0.25) is 0 Å². The summed E-state index contributed by atoms with van der Waals surface area (Å²) in [6.45, 7) is 5.64. The fraction of sp³-hybridized carbons (Fsp3) is 0.333. The molecule has 0 saturated carbocycles. The zero-order valence-electron chi connectivity index (χ0n) is 17.2. The average molecular weight is 389 g/mol. The van der Waals surface area contributed by atoms with Crippen molar-refractivity contribution in [3.8, 4) is 0 Å². The average Bonchev–Trinajstić information content (AvgIpc) is 3.34. The van der Waals surface area contributed by atoms with Gasteiger partial charge in [0.05, 0.1) is 18.2 Å². The summed E-state index contributed by atoms with van der Waals surface area (Å²) < 4.78 is 1.80. The molecular weight excluding hydrogens is 360 g/mol. The third-order valence-electron chi connectivity index (χ3n) is 5.74. The Morgan fingerprint density at radius 3 is 2.31 bits per heavy atom. The summed E-state index contributed by atoms with van der Waals surface area (Å²) in [5, 5.41) is 11.0. The minimum absolute atomic E-state index is 0.0804. The number of benzene rings is 2. The molecule has 5 nitrogen and oxygen atoms in total. The van der Waals surface area contributed by atoms with Crippen LogP contribution < -0.4 is 10.6 Å². The van der Waals surface area contributed by atoms with Gasteiger partial charge in [0.1, 0.15) is 0 Å². The van der Waals surface area contributed by atoms with Gasteiger partial charge >= 0.3 is 0 Å². The van der Waals surface area contributed by atoms with E-state index >= 15 is 0 Å². The van der Waals surface area contributed by atoms with Crippen LogP contribution in [0.4, 0.5) is 0 Å². The second-order valence-electron chi connectivity index (χ2n) is 8.09. The van der Waals surface area contributed by atoms with Crippen LogP contribution in [-0.4, -0.2) is 28.8 Å². The molecule has 5 heteroatoms. The molecule has 3 aromatic rings. The highest BCUT2D eigenvalue weighted by Crippen LogP contribution is 2.30. The number of nitrogens with zero attached hydrogens (tertiary/aromatic N) is 2. The largest absolute Gasteiger partial charge is 0.345 e. The van der Waals surface area contributed by atoms with E-state index in [4.69, 9.17) is 0 Å². The molecule has 29 heavy (non-hydrogen) atoms. The van der Waals surface area contributed by atoms with Gasteiger partial charge in [-0.05, 0) is 30.5 Å². The molecule has 1 saturated heterocycles. The van der Waals surface area contributed by atoms with Gasteiger partial charge in [-0.2, -0.15) is 5.10 Å². The molecule has 0 bridgehead atoms. The smallest absolute Gasteiger partial charge is 0.225 e. The molecule has 1 amide bonds. The van der Waals surface area contributed by atoms with E-state index in [0.29, 0.717) is 6.54 Å². The number of amides is 1. The third kappa shape index (κ3) is 4.25. The number of carbonyl (C=O) groups excluding carboxylic acids is 1. The monoisotopic (exact) mass is 388 g/mol. The fourth-order valence-electron chi connectivity index (χ4n) is 4.24. The van der Waals surface area contributed by atoms with Crippen LogP contribution in [0, 0.1) is 19.8 Å². The van der Waals surface area contributed by atoms with Crippen molar-refractivity contribution in [2.45, 2.75) is 25.8 Å².